The molecule has 0 fully saturated rings. The van der Waals surface area contributed by atoms with Crippen molar-refractivity contribution in [1.82, 2.24) is 0 Å². The second kappa shape index (κ2) is 5.45. The zero-order chi connectivity index (χ0) is 13.3. The average molecular weight is 291 g/mol. The van der Waals surface area contributed by atoms with E-state index in [2.05, 4.69) is 24.2 Å². The van der Waals surface area contributed by atoms with Gasteiger partial charge in [0.25, 0.3) is 0 Å². The van der Waals surface area contributed by atoms with E-state index in [0.717, 1.165) is 17.9 Å². The molecule has 0 saturated carbocycles. The molecule has 0 bridgehead atoms. The Bertz CT molecular complexity index is 468. The van der Waals surface area contributed by atoms with Crippen LogP contribution >= 0.6 is 23.4 Å². The van der Waals surface area contributed by atoms with Crippen LogP contribution in [0.15, 0.2) is 17.1 Å². The fourth-order valence-corrected chi connectivity index (χ4v) is 2.98. The molecule has 0 spiro atoms. The van der Waals surface area contributed by atoms with Gasteiger partial charge in [0.15, 0.2) is 11.0 Å². The summed E-state index contributed by atoms with van der Waals surface area (Å²) in [6.07, 6.45) is 0. The highest BCUT2D eigenvalue weighted by molar-refractivity contribution is 8.14. The number of rotatable bonds is 2. The molecule has 0 radical (unpaired) electrons. The number of hydrogen-bond acceptors (Lipinski definition) is 3. The Morgan fingerprint density at radius 3 is 2.72 bits per heavy atom. The van der Waals surface area contributed by atoms with Gasteiger partial charge in [0.2, 0.25) is 0 Å². The van der Waals surface area contributed by atoms with Crippen molar-refractivity contribution >= 4 is 34.2 Å². The van der Waals surface area contributed by atoms with Crippen LogP contribution in [0, 0.1) is 17.6 Å². The molecule has 0 aromatic heterocycles. The van der Waals surface area contributed by atoms with Gasteiger partial charge in [-0.15, -0.1) is 0 Å². The van der Waals surface area contributed by atoms with E-state index in [1.807, 2.05) is 0 Å². The first-order valence-electron chi connectivity index (χ1n) is 5.59. The Hall–Kier alpha value is -0.810. The Balaban J connectivity index is 2.18. The summed E-state index contributed by atoms with van der Waals surface area (Å²) in [6.45, 7) is 4.17. The molecule has 0 amide bonds. The molecular formula is C12H13ClF2N2S. The molecule has 1 heterocycles. The fourth-order valence-electron chi connectivity index (χ4n) is 1.57. The van der Waals surface area contributed by atoms with E-state index in [9.17, 15) is 8.78 Å². The number of aliphatic imine (C=N–C) groups is 1. The molecule has 0 saturated heterocycles. The van der Waals surface area contributed by atoms with Gasteiger partial charge in [-0.3, -0.25) is 4.99 Å². The number of anilines is 1. The minimum absolute atomic E-state index is 0.0174. The number of amidine groups is 1. The van der Waals surface area contributed by atoms with Crippen molar-refractivity contribution in [3.05, 3.63) is 28.8 Å². The molecule has 98 valence electrons. The number of hydrogen-bond donors (Lipinski definition) is 1. The monoisotopic (exact) mass is 290 g/mol. The second-order valence-corrected chi connectivity index (χ2v) is 5.84. The maximum atomic E-state index is 13.6. The first kappa shape index (κ1) is 13.6. The molecule has 18 heavy (non-hydrogen) atoms. The molecular weight excluding hydrogens is 278 g/mol. The Morgan fingerprint density at radius 1 is 1.44 bits per heavy atom. The van der Waals surface area contributed by atoms with Crippen molar-refractivity contribution in [3.63, 3.8) is 0 Å². The molecule has 1 N–H and O–H groups in total. The van der Waals surface area contributed by atoms with Crippen molar-refractivity contribution in [3.8, 4) is 0 Å². The van der Waals surface area contributed by atoms with Crippen molar-refractivity contribution in [2.75, 3.05) is 11.1 Å². The van der Waals surface area contributed by atoms with Gasteiger partial charge >= 0.3 is 0 Å². The predicted octanol–water partition coefficient (Wildman–Crippen LogP) is 4.16. The van der Waals surface area contributed by atoms with Crippen molar-refractivity contribution in [2.45, 2.75) is 19.9 Å². The van der Waals surface area contributed by atoms with Crippen LogP contribution < -0.4 is 5.32 Å². The quantitative estimate of drug-likeness (QED) is 0.884. The minimum atomic E-state index is -0.712. The van der Waals surface area contributed by atoms with Crippen LogP contribution in [-0.4, -0.2) is 17.0 Å². The number of benzene rings is 1. The predicted molar refractivity (Wildman–Crippen MR) is 73.5 cm³/mol. The van der Waals surface area contributed by atoms with Gasteiger partial charge in [-0.05, 0) is 12.0 Å². The lowest BCUT2D eigenvalue weighted by Crippen LogP contribution is -2.12. The van der Waals surface area contributed by atoms with Gasteiger partial charge < -0.3 is 5.32 Å². The lowest BCUT2D eigenvalue weighted by Gasteiger charge is -2.09. The number of nitrogens with one attached hydrogen (secondary N) is 1. The van der Waals surface area contributed by atoms with Crippen LogP contribution in [0.4, 0.5) is 14.5 Å². The van der Waals surface area contributed by atoms with Crippen LogP contribution in [0.2, 0.25) is 5.02 Å². The third kappa shape index (κ3) is 2.95. The van der Waals surface area contributed by atoms with E-state index in [4.69, 9.17) is 11.6 Å². The fraction of sp³-hybridized carbons (Fsp3) is 0.417. The number of nitrogens with zero attached hydrogens (tertiary/aromatic N) is 1. The van der Waals surface area contributed by atoms with Crippen LogP contribution in [-0.2, 0) is 0 Å². The average Bonchev–Trinajstić information content (AvgIpc) is 2.71. The third-order valence-corrected chi connectivity index (χ3v) is 3.97. The summed E-state index contributed by atoms with van der Waals surface area (Å²) in [5, 5.41) is 3.47. The Morgan fingerprint density at radius 2 is 2.17 bits per heavy atom. The van der Waals surface area contributed by atoms with Gasteiger partial charge in [-0.1, -0.05) is 37.2 Å². The maximum absolute atomic E-state index is 13.6. The molecule has 2 rings (SSSR count). The Kier molecular flexibility index (Phi) is 4.12. The van der Waals surface area contributed by atoms with Gasteiger partial charge in [-0.25, -0.2) is 8.78 Å². The van der Waals surface area contributed by atoms with E-state index in [0.29, 0.717) is 11.1 Å². The molecule has 1 aromatic carbocycles. The number of thioether (sulfide) groups is 1. The summed E-state index contributed by atoms with van der Waals surface area (Å²) in [7, 11) is 0. The summed E-state index contributed by atoms with van der Waals surface area (Å²) in [5.74, 6) is -0.105. The molecule has 0 aliphatic carbocycles. The van der Waals surface area contributed by atoms with E-state index in [1.54, 1.807) is 0 Å². The second-order valence-electron chi connectivity index (χ2n) is 4.43. The Labute approximate surface area is 114 Å². The largest absolute Gasteiger partial charge is 0.331 e. The standard InChI is InChI=1S/C12H13ClF2N2S/c1-6(2)10-5-18-12(16-10)17-11-8(13)3-7(14)4-9(11)15/h3-4,6,10H,5H2,1-2H3,(H,16,17)/t10-/m1/s1. The minimum Gasteiger partial charge on any atom is -0.331 e. The van der Waals surface area contributed by atoms with E-state index < -0.39 is 11.6 Å². The highest BCUT2D eigenvalue weighted by Crippen LogP contribution is 2.30. The zero-order valence-electron chi connectivity index (χ0n) is 10.0. The van der Waals surface area contributed by atoms with Gasteiger partial charge in [0.1, 0.15) is 5.82 Å². The highest BCUT2D eigenvalue weighted by atomic mass is 35.5. The van der Waals surface area contributed by atoms with Crippen molar-refractivity contribution < 1.29 is 8.78 Å². The van der Waals surface area contributed by atoms with Crippen molar-refractivity contribution in [2.24, 2.45) is 10.9 Å². The molecule has 2 nitrogen and oxygen atoms in total. The summed E-state index contributed by atoms with van der Waals surface area (Å²) < 4.78 is 26.5. The van der Waals surface area contributed by atoms with Crippen molar-refractivity contribution in [1.29, 1.82) is 0 Å². The molecule has 6 heteroatoms. The molecule has 1 aliphatic rings. The first-order chi connectivity index (χ1) is 8.47. The molecule has 1 aliphatic heterocycles. The van der Waals surface area contributed by atoms with E-state index >= 15 is 0 Å². The molecule has 1 aromatic rings. The molecule has 1 atom stereocenters. The topological polar surface area (TPSA) is 24.4 Å². The van der Waals surface area contributed by atoms with E-state index in [-0.39, 0.29) is 16.8 Å². The third-order valence-electron chi connectivity index (χ3n) is 2.68. The summed E-state index contributed by atoms with van der Waals surface area (Å²) in [5.41, 5.74) is 0.0775. The zero-order valence-corrected chi connectivity index (χ0v) is 11.6. The van der Waals surface area contributed by atoms with Crippen LogP contribution in [0.5, 0.6) is 0 Å². The summed E-state index contributed by atoms with van der Waals surface area (Å²) in [6, 6.07) is 2.10. The lowest BCUT2D eigenvalue weighted by atomic mass is 10.1. The summed E-state index contributed by atoms with van der Waals surface area (Å²) in [4.78, 5) is 4.44. The smallest absolute Gasteiger partial charge is 0.161 e. The van der Waals surface area contributed by atoms with Gasteiger partial charge in [0, 0.05) is 11.8 Å². The van der Waals surface area contributed by atoms with Crippen LogP contribution in [0.3, 0.4) is 0 Å². The molecule has 0 unspecified atom stereocenters. The first-order valence-corrected chi connectivity index (χ1v) is 6.96. The van der Waals surface area contributed by atoms with Crippen LogP contribution in [0.1, 0.15) is 13.8 Å². The van der Waals surface area contributed by atoms with Gasteiger partial charge in [0.05, 0.1) is 16.8 Å². The van der Waals surface area contributed by atoms with Crippen LogP contribution in [0.25, 0.3) is 0 Å². The lowest BCUT2D eigenvalue weighted by molar-refractivity contribution is 0.543. The highest BCUT2D eigenvalue weighted by Gasteiger charge is 2.22. The normalized spacial score (nSPS) is 19.2. The van der Waals surface area contributed by atoms with Gasteiger partial charge in [-0.2, -0.15) is 0 Å². The SMILES string of the molecule is CC(C)[C@H]1CSC(Nc2c(F)cc(F)cc2Cl)=N1. The maximum Gasteiger partial charge on any atom is 0.161 e. The summed E-state index contributed by atoms with van der Waals surface area (Å²) >= 11 is 7.32. The number of halogens is 3. The van der Waals surface area contributed by atoms with E-state index in [1.165, 1.54) is 11.8 Å².